The molecule has 0 aliphatic carbocycles. The van der Waals surface area contributed by atoms with E-state index in [9.17, 15) is 0 Å². The number of aryl methyl sites for hydroxylation is 1. The summed E-state index contributed by atoms with van der Waals surface area (Å²) < 4.78 is 5.37. The Bertz CT molecular complexity index is 617. The van der Waals surface area contributed by atoms with Crippen molar-refractivity contribution in [2.24, 2.45) is 5.84 Å². The lowest BCUT2D eigenvalue weighted by Gasteiger charge is -2.20. The van der Waals surface area contributed by atoms with Gasteiger partial charge in [-0.25, -0.2) is 5.43 Å². The number of rotatable bonds is 4. The molecule has 3 nitrogen and oxygen atoms in total. The molecular formula is C15H16Cl2N2O. The summed E-state index contributed by atoms with van der Waals surface area (Å²) in [7, 11) is 1.60. The standard InChI is InChI=1S/C15H16Cl2N2O/c1-9-3-4-10(7-13(9)17)15(19-18)12-6-5-11(16)8-14(12)20-2/h3-8,15,19H,18H2,1-2H3. The van der Waals surface area contributed by atoms with Crippen molar-refractivity contribution in [3.8, 4) is 5.75 Å². The van der Waals surface area contributed by atoms with Gasteiger partial charge in [-0.3, -0.25) is 5.84 Å². The van der Waals surface area contributed by atoms with Gasteiger partial charge >= 0.3 is 0 Å². The minimum absolute atomic E-state index is 0.222. The third-order valence-electron chi connectivity index (χ3n) is 3.20. The molecule has 0 radical (unpaired) electrons. The van der Waals surface area contributed by atoms with E-state index in [1.807, 2.05) is 31.2 Å². The van der Waals surface area contributed by atoms with E-state index in [-0.39, 0.29) is 6.04 Å². The largest absolute Gasteiger partial charge is 0.496 e. The molecule has 0 amide bonds. The highest BCUT2D eigenvalue weighted by molar-refractivity contribution is 6.31. The summed E-state index contributed by atoms with van der Waals surface area (Å²) in [5, 5.41) is 1.32. The van der Waals surface area contributed by atoms with Crippen molar-refractivity contribution in [2.45, 2.75) is 13.0 Å². The number of ether oxygens (including phenoxy) is 1. The van der Waals surface area contributed by atoms with E-state index >= 15 is 0 Å². The van der Waals surface area contributed by atoms with E-state index in [1.165, 1.54) is 0 Å². The molecule has 0 saturated heterocycles. The fourth-order valence-corrected chi connectivity index (χ4v) is 2.43. The first-order chi connectivity index (χ1) is 9.56. The molecule has 1 unspecified atom stereocenters. The number of nitrogens with two attached hydrogens (primary N) is 1. The lowest BCUT2D eigenvalue weighted by Crippen LogP contribution is -2.29. The molecule has 0 aromatic heterocycles. The maximum Gasteiger partial charge on any atom is 0.125 e. The zero-order valence-corrected chi connectivity index (χ0v) is 12.8. The van der Waals surface area contributed by atoms with Gasteiger partial charge in [0, 0.05) is 15.6 Å². The zero-order chi connectivity index (χ0) is 14.7. The molecule has 0 spiro atoms. The van der Waals surface area contributed by atoms with Gasteiger partial charge in [-0.15, -0.1) is 0 Å². The quantitative estimate of drug-likeness (QED) is 0.666. The number of hydrazine groups is 1. The lowest BCUT2D eigenvalue weighted by atomic mass is 9.97. The molecule has 1 atom stereocenters. The van der Waals surface area contributed by atoms with E-state index < -0.39 is 0 Å². The molecule has 0 fully saturated rings. The number of hydrogen-bond acceptors (Lipinski definition) is 3. The van der Waals surface area contributed by atoms with Gasteiger partial charge in [0.05, 0.1) is 13.2 Å². The van der Waals surface area contributed by atoms with Crippen LogP contribution in [0.4, 0.5) is 0 Å². The maximum absolute atomic E-state index is 6.18. The predicted octanol–water partition coefficient (Wildman–Crippen LogP) is 3.86. The summed E-state index contributed by atoms with van der Waals surface area (Å²) >= 11 is 12.2. The van der Waals surface area contributed by atoms with E-state index in [0.717, 1.165) is 16.7 Å². The number of benzene rings is 2. The highest BCUT2D eigenvalue weighted by atomic mass is 35.5. The smallest absolute Gasteiger partial charge is 0.125 e. The van der Waals surface area contributed by atoms with E-state index in [4.69, 9.17) is 33.8 Å². The van der Waals surface area contributed by atoms with Crippen molar-refractivity contribution < 1.29 is 4.74 Å². The molecule has 20 heavy (non-hydrogen) atoms. The Morgan fingerprint density at radius 2 is 1.90 bits per heavy atom. The van der Waals surface area contributed by atoms with Crippen LogP contribution >= 0.6 is 23.2 Å². The Morgan fingerprint density at radius 1 is 1.15 bits per heavy atom. The van der Waals surface area contributed by atoms with Gasteiger partial charge in [0.2, 0.25) is 0 Å². The van der Waals surface area contributed by atoms with Crippen LogP contribution in [-0.4, -0.2) is 7.11 Å². The molecule has 106 valence electrons. The number of halogens is 2. The number of hydrogen-bond donors (Lipinski definition) is 2. The monoisotopic (exact) mass is 310 g/mol. The summed E-state index contributed by atoms with van der Waals surface area (Å²) in [4.78, 5) is 0. The first-order valence-electron chi connectivity index (χ1n) is 6.12. The number of nitrogens with one attached hydrogen (secondary N) is 1. The fourth-order valence-electron chi connectivity index (χ4n) is 2.08. The minimum atomic E-state index is -0.222. The van der Waals surface area contributed by atoms with Crippen LogP contribution in [0.3, 0.4) is 0 Å². The van der Waals surface area contributed by atoms with Gasteiger partial charge in [0.15, 0.2) is 0 Å². The Labute approximate surface area is 128 Å². The average molecular weight is 311 g/mol. The van der Waals surface area contributed by atoms with Crippen molar-refractivity contribution in [3.05, 3.63) is 63.1 Å². The Balaban J connectivity index is 2.49. The van der Waals surface area contributed by atoms with Gasteiger partial charge in [-0.2, -0.15) is 0 Å². The highest BCUT2D eigenvalue weighted by Crippen LogP contribution is 2.33. The first kappa shape index (κ1) is 15.1. The second kappa shape index (κ2) is 6.46. The van der Waals surface area contributed by atoms with Crippen LogP contribution in [0.1, 0.15) is 22.7 Å². The predicted molar refractivity (Wildman–Crippen MR) is 83.4 cm³/mol. The Morgan fingerprint density at radius 3 is 2.50 bits per heavy atom. The fraction of sp³-hybridized carbons (Fsp3) is 0.200. The summed E-state index contributed by atoms with van der Waals surface area (Å²) in [6.07, 6.45) is 0. The van der Waals surface area contributed by atoms with Gasteiger partial charge in [0.1, 0.15) is 5.75 Å². The third kappa shape index (κ3) is 3.07. The number of methoxy groups -OCH3 is 1. The van der Waals surface area contributed by atoms with Gasteiger partial charge in [-0.05, 0) is 36.2 Å². The summed E-state index contributed by atoms with van der Waals surface area (Å²) in [5.74, 6) is 6.38. The van der Waals surface area contributed by atoms with Crippen LogP contribution in [0.25, 0.3) is 0 Å². The molecule has 5 heteroatoms. The second-order valence-corrected chi connectivity index (χ2v) is 5.34. The zero-order valence-electron chi connectivity index (χ0n) is 11.3. The molecule has 0 heterocycles. The average Bonchev–Trinajstić information content (AvgIpc) is 2.44. The Kier molecular flexibility index (Phi) is 4.89. The topological polar surface area (TPSA) is 47.3 Å². The van der Waals surface area contributed by atoms with Crippen LogP contribution in [0, 0.1) is 6.92 Å². The van der Waals surface area contributed by atoms with Crippen LogP contribution in [-0.2, 0) is 0 Å². The van der Waals surface area contributed by atoms with Crippen molar-refractivity contribution >= 4 is 23.2 Å². The van der Waals surface area contributed by atoms with Crippen LogP contribution < -0.4 is 16.0 Å². The van der Waals surface area contributed by atoms with Gasteiger partial charge in [0.25, 0.3) is 0 Å². The highest BCUT2D eigenvalue weighted by Gasteiger charge is 2.18. The molecule has 0 aliphatic heterocycles. The first-order valence-corrected chi connectivity index (χ1v) is 6.88. The molecule has 2 aromatic rings. The molecule has 2 rings (SSSR count). The molecule has 0 bridgehead atoms. The molecular weight excluding hydrogens is 295 g/mol. The van der Waals surface area contributed by atoms with Crippen LogP contribution in [0.5, 0.6) is 5.75 Å². The van der Waals surface area contributed by atoms with Crippen molar-refractivity contribution in [3.63, 3.8) is 0 Å². The van der Waals surface area contributed by atoms with E-state index in [0.29, 0.717) is 15.8 Å². The normalized spacial score (nSPS) is 12.2. The second-order valence-electron chi connectivity index (χ2n) is 4.49. The van der Waals surface area contributed by atoms with Crippen LogP contribution in [0.15, 0.2) is 36.4 Å². The third-order valence-corrected chi connectivity index (χ3v) is 3.84. The van der Waals surface area contributed by atoms with Crippen molar-refractivity contribution in [2.75, 3.05) is 7.11 Å². The molecule has 3 N–H and O–H groups in total. The van der Waals surface area contributed by atoms with Crippen LogP contribution in [0.2, 0.25) is 10.0 Å². The summed E-state index contributed by atoms with van der Waals surface area (Å²) in [6, 6.07) is 11.1. The molecule has 0 saturated carbocycles. The van der Waals surface area contributed by atoms with Crippen molar-refractivity contribution in [1.29, 1.82) is 0 Å². The van der Waals surface area contributed by atoms with Gasteiger partial charge in [-0.1, -0.05) is 41.4 Å². The lowest BCUT2D eigenvalue weighted by molar-refractivity contribution is 0.404. The maximum atomic E-state index is 6.18. The molecule has 2 aromatic carbocycles. The summed E-state index contributed by atoms with van der Waals surface area (Å²) in [5.41, 5.74) is 5.68. The van der Waals surface area contributed by atoms with E-state index in [1.54, 1.807) is 19.2 Å². The van der Waals surface area contributed by atoms with Gasteiger partial charge < -0.3 is 4.74 Å². The Hall–Kier alpha value is -1.26. The SMILES string of the molecule is COc1cc(Cl)ccc1C(NN)c1ccc(C)c(Cl)c1. The molecule has 0 aliphatic rings. The minimum Gasteiger partial charge on any atom is -0.496 e. The van der Waals surface area contributed by atoms with Crippen molar-refractivity contribution in [1.82, 2.24) is 5.43 Å². The summed E-state index contributed by atoms with van der Waals surface area (Å²) in [6.45, 7) is 1.96. The van der Waals surface area contributed by atoms with E-state index in [2.05, 4.69) is 5.43 Å².